The van der Waals surface area contributed by atoms with Crippen molar-refractivity contribution in [1.29, 1.82) is 0 Å². The number of aromatic nitrogens is 2. The van der Waals surface area contributed by atoms with E-state index in [1.54, 1.807) is 30.3 Å². The molecule has 1 unspecified atom stereocenters. The van der Waals surface area contributed by atoms with Gasteiger partial charge in [-0.25, -0.2) is 9.36 Å². The summed E-state index contributed by atoms with van der Waals surface area (Å²) in [7, 11) is -4.22. The van der Waals surface area contributed by atoms with Crippen LogP contribution in [0.15, 0.2) is 52.2 Å². The number of aliphatic hydroxyl groups excluding tert-OH is 1. The number of ether oxygens (including phenoxy) is 2. The fraction of sp³-hybridized carbons (Fsp3) is 0.458. The summed E-state index contributed by atoms with van der Waals surface area (Å²) in [5.41, 5.74) is -1.39. The van der Waals surface area contributed by atoms with Crippen LogP contribution in [-0.4, -0.2) is 52.1 Å². The molecule has 1 fully saturated rings. The third kappa shape index (κ3) is 7.41. The molecule has 1 aliphatic rings. The Labute approximate surface area is 213 Å². The van der Waals surface area contributed by atoms with Crippen LogP contribution in [0.25, 0.3) is 0 Å². The van der Waals surface area contributed by atoms with Gasteiger partial charge < -0.3 is 19.1 Å². The van der Waals surface area contributed by atoms with Crippen LogP contribution in [0.2, 0.25) is 0 Å². The van der Waals surface area contributed by atoms with Gasteiger partial charge in [0.15, 0.2) is 6.23 Å². The van der Waals surface area contributed by atoms with Gasteiger partial charge in [0, 0.05) is 12.3 Å². The van der Waals surface area contributed by atoms with E-state index in [9.17, 15) is 24.1 Å². The van der Waals surface area contributed by atoms with Crippen molar-refractivity contribution in [2.45, 2.75) is 45.2 Å². The Hall–Kier alpha value is -3.20. The van der Waals surface area contributed by atoms with Gasteiger partial charge >= 0.3 is 19.4 Å². The van der Waals surface area contributed by atoms with E-state index in [2.05, 4.69) is 16.0 Å². The Morgan fingerprint density at radius 3 is 2.59 bits per heavy atom. The van der Waals surface area contributed by atoms with Gasteiger partial charge in [-0.05, 0) is 25.0 Å². The van der Waals surface area contributed by atoms with Crippen LogP contribution in [0.5, 0.6) is 5.75 Å². The standard InChI is InChI=1S/C24H30N3O9P/c1-5-18-21(29)19(35-22(18)27-12-11-20(28)25-24(27)31)14-34-37(32,36-17-9-7-6-8-10-17)26-16(4)23(30)33-13-15(2)3/h1,6-12,15-16,18-19,21-22,29H,13-14H2,2-4H3,(H,26,32)(H,25,28,31)/t16-,18+,19+,21-,22+,37?/m0/s1. The summed E-state index contributed by atoms with van der Waals surface area (Å²) in [5, 5.41) is 13.3. The average Bonchev–Trinajstić information content (AvgIpc) is 3.16. The summed E-state index contributed by atoms with van der Waals surface area (Å²) in [5.74, 6) is 1.05. The molecule has 200 valence electrons. The average molecular weight is 535 g/mol. The number of terminal acetylenes is 1. The van der Waals surface area contributed by atoms with Gasteiger partial charge in [-0.1, -0.05) is 38.0 Å². The summed E-state index contributed by atoms with van der Waals surface area (Å²) in [6.07, 6.45) is 3.21. The van der Waals surface area contributed by atoms with Crippen LogP contribution < -0.4 is 20.9 Å². The van der Waals surface area contributed by atoms with E-state index in [0.29, 0.717) is 0 Å². The fourth-order valence-electron chi connectivity index (χ4n) is 3.47. The van der Waals surface area contributed by atoms with Gasteiger partial charge in [-0.15, -0.1) is 6.42 Å². The summed E-state index contributed by atoms with van der Waals surface area (Å²) < 4.78 is 36.8. The van der Waals surface area contributed by atoms with Gasteiger partial charge in [-0.3, -0.25) is 23.7 Å². The van der Waals surface area contributed by atoms with E-state index < -0.39 is 62.0 Å². The molecule has 13 heteroatoms. The van der Waals surface area contributed by atoms with Crippen molar-refractivity contribution in [1.82, 2.24) is 14.6 Å². The molecular weight excluding hydrogens is 505 g/mol. The van der Waals surface area contributed by atoms with E-state index in [-0.39, 0.29) is 18.3 Å². The molecule has 0 radical (unpaired) electrons. The zero-order chi connectivity index (χ0) is 27.2. The first-order valence-corrected chi connectivity index (χ1v) is 13.1. The number of hydrogen-bond donors (Lipinski definition) is 3. The summed E-state index contributed by atoms with van der Waals surface area (Å²) in [6.45, 7) is 4.90. The molecule has 1 aromatic heterocycles. The number of aromatic amines is 1. The maximum Gasteiger partial charge on any atom is 0.459 e. The predicted octanol–water partition coefficient (Wildman–Crippen LogP) is 1.43. The topological polar surface area (TPSA) is 158 Å². The first kappa shape index (κ1) is 28.4. The highest BCUT2D eigenvalue weighted by Gasteiger charge is 2.45. The van der Waals surface area contributed by atoms with E-state index in [4.69, 9.17) is 24.9 Å². The Bertz CT molecular complexity index is 1270. The molecule has 0 saturated carbocycles. The minimum Gasteiger partial charge on any atom is -0.464 e. The van der Waals surface area contributed by atoms with Crippen molar-refractivity contribution < 1.29 is 33.0 Å². The highest BCUT2D eigenvalue weighted by molar-refractivity contribution is 7.52. The number of esters is 1. The zero-order valence-electron chi connectivity index (χ0n) is 20.6. The van der Waals surface area contributed by atoms with E-state index in [0.717, 1.165) is 10.6 Å². The van der Waals surface area contributed by atoms with Crippen molar-refractivity contribution >= 4 is 13.7 Å². The van der Waals surface area contributed by atoms with Crippen LogP contribution in [0.3, 0.4) is 0 Å². The zero-order valence-corrected chi connectivity index (χ0v) is 21.5. The molecule has 1 aliphatic heterocycles. The Balaban J connectivity index is 1.77. The number of para-hydroxylation sites is 1. The minimum atomic E-state index is -4.22. The number of hydrogen-bond acceptors (Lipinski definition) is 9. The molecule has 0 bridgehead atoms. The molecule has 37 heavy (non-hydrogen) atoms. The normalized spacial score (nSPS) is 23.7. The Morgan fingerprint density at radius 2 is 1.97 bits per heavy atom. The van der Waals surface area contributed by atoms with Crippen LogP contribution >= 0.6 is 7.75 Å². The summed E-state index contributed by atoms with van der Waals surface area (Å²) in [4.78, 5) is 38.1. The summed E-state index contributed by atoms with van der Waals surface area (Å²) in [6, 6.07) is 8.20. The molecule has 6 atom stereocenters. The summed E-state index contributed by atoms with van der Waals surface area (Å²) >= 11 is 0. The molecule has 2 aromatic rings. The number of benzene rings is 1. The first-order valence-electron chi connectivity index (χ1n) is 11.6. The van der Waals surface area contributed by atoms with Crippen molar-refractivity contribution in [3.8, 4) is 18.1 Å². The van der Waals surface area contributed by atoms with Crippen LogP contribution in [0.4, 0.5) is 0 Å². The van der Waals surface area contributed by atoms with Crippen LogP contribution in [0, 0.1) is 24.2 Å². The second kappa shape index (κ2) is 12.4. The van der Waals surface area contributed by atoms with E-state index >= 15 is 0 Å². The second-order valence-electron chi connectivity index (χ2n) is 8.84. The van der Waals surface area contributed by atoms with Gasteiger partial charge in [0.2, 0.25) is 0 Å². The highest BCUT2D eigenvalue weighted by atomic mass is 31.2. The largest absolute Gasteiger partial charge is 0.464 e. The van der Waals surface area contributed by atoms with Crippen LogP contribution in [0.1, 0.15) is 27.0 Å². The molecule has 3 rings (SSSR count). The van der Waals surface area contributed by atoms with Crippen molar-refractivity contribution in [3.63, 3.8) is 0 Å². The number of carbonyl (C=O) groups excluding carboxylic acids is 1. The lowest BCUT2D eigenvalue weighted by Gasteiger charge is -2.24. The highest BCUT2D eigenvalue weighted by Crippen LogP contribution is 2.46. The van der Waals surface area contributed by atoms with Gasteiger partial charge in [0.1, 0.15) is 24.0 Å². The number of H-pyrrole nitrogens is 1. The Kier molecular flexibility index (Phi) is 9.48. The second-order valence-corrected chi connectivity index (χ2v) is 10.5. The van der Waals surface area contributed by atoms with Crippen molar-refractivity contribution in [2.75, 3.05) is 13.2 Å². The molecule has 0 amide bonds. The van der Waals surface area contributed by atoms with Gasteiger partial charge in [0.05, 0.1) is 19.1 Å². The monoisotopic (exact) mass is 535 g/mol. The molecule has 1 aromatic carbocycles. The van der Waals surface area contributed by atoms with Gasteiger partial charge in [0.25, 0.3) is 5.56 Å². The van der Waals surface area contributed by atoms with Crippen molar-refractivity contribution in [3.05, 3.63) is 63.4 Å². The third-order valence-electron chi connectivity index (χ3n) is 5.33. The SMILES string of the molecule is C#C[C@@H]1[C@H](O)[C@@H](COP(=O)(N[C@@H](C)C(=O)OCC(C)C)Oc2ccccc2)O[C@H]1n1ccc(=O)[nH]c1=O. The fourth-order valence-corrected chi connectivity index (χ4v) is 4.98. The lowest BCUT2D eigenvalue weighted by Crippen LogP contribution is -2.37. The molecule has 12 nitrogen and oxygen atoms in total. The lowest BCUT2D eigenvalue weighted by molar-refractivity contribution is -0.146. The maximum absolute atomic E-state index is 13.7. The number of carbonyl (C=O) groups is 1. The number of rotatable bonds is 11. The smallest absolute Gasteiger partial charge is 0.459 e. The van der Waals surface area contributed by atoms with Crippen molar-refractivity contribution in [2.24, 2.45) is 11.8 Å². The first-order chi connectivity index (χ1) is 17.5. The molecule has 2 heterocycles. The van der Waals surface area contributed by atoms with E-state index in [1.165, 1.54) is 13.1 Å². The van der Waals surface area contributed by atoms with Gasteiger partial charge in [-0.2, -0.15) is 5.09 Å². The number of nitrogens with zero attached hydrogens (tertiary/aromatic N) is 1. The number of nitrogens with one attached hydrogen (secondary N) is 2. The molecule has 0 spiro atoms. The molecular formula is C24H30N3O9P. The molecule has 1 saturated heterocycles. The maximum atomic E-state index is 13.7. The molecule has 0 aliphatic carbocycles. The van der Waals surface area contributed by atoms with Crippen LogP contribution in [-0.2, 0) is 23.4 Å². The van der Waals surface area contributed by atoms with E-state index in [1.807, 2.05) is 13.8 Å². The quantitative estimate of drug-likeness (QED) is 0.218. The Morgan fingerprint density at radius 1 is 1.27 bits per heavy atom. The molecule has 3 N–H and O–H groups in total. The third-order valence-corrected chi connectivity index (χ3v) is 6.97. The minimum absolute atomic E-state index is 0.104. The predicted molar refractivity (Wildman–Crippen MR) is 133 cm³/mol. The number of aliphatic hydroxyl groups is 1. The lowest BCUT2D eigenvalue weighted by atomic mass is 10.0.